The van der Waals surface area contributed by atoms with Gasteiger partial charge in [0.15, 0.2) is 0 Å². The fourth-order valence-electron chi connectivity index (χ4n) is 1.58. The first-order valence-electron chi connectivity index (χ1n) is 5.63. The van der Waals surface area contributed by atoms with Crippen molar-refractivity contribution in [3.05, 3.63) is 0 Å². The first kappa shape index (κ1) is 12.5. The zero-order valence-electron chi connectivity index (χ0n) is 9.70. The fraction of sp³-hybridized carbons (Fsp3) is 0.909. The fourth-order valence-corrected chi connectivity index (χ4v) is 1.58. The van der Waals surface area contributed by atoms with E-state index >= 15 is 0 Å². The highest BCUT2D eigenvalue weighted by Crippen LogP contribution is 2.27. The summed E-state index contributed by atoms with van der Waals surface area (Å²) in [6.45, 7) is 4.37. The Morgan fingerprint density at radius 1 is 1.53 bits per heavy atom. The van der Waals surface area contributed by atoms with Crippen LogP contribution in [0, 0.1) is 0 Å². The van der Waals surface area contributed by atoms with Gasteiger partial charge in [0, 0.05) is 24.5 Å². The van der Waals surface area contributed by atoms with Crippen LogP contribution in [0.3, 0.4) is 0 Å². The molecule has 0 unspecified atom stereocenters. The van der Waals surface area contributed by atoms with Crippen molar-refractivity contribution in [2.24, 2.45) is 5.73 Å². The number of rotatable bonds is 6. The lowest BCUT2D eigenvalue weighted by atomic mass is 10.00. The lowest BCUT2D eigenvalue weighted by molar-refractivity contribution is -0.132. The average Bonchev–Trinajstić information content (AvgIpc) is 2.92. The Morgan fingerprint density at radius 3 is 2.53 bits per heavy atom. The highest BCUT2D eigenvalue weighted by atomic mass is 16.3. The molecule has 0 aromatic carbocycles. The third kappa shape index (κ3) is 4.62. The van der Waals surface area contributed by atoms with Crippen LogP contribution in [0.4, 0.5) is 0 Å². The van der Waals surface area contributed by atoms with Crippen molar-refractivity contribution in [3.8, 4) is 0 Å². The van der Waals surface area contributed by atoms with Gasteiger partial charge in [0.05, 0.1) is 6.61 Å². The van der Waals surface area contributed by atoms with E-state index in [4.69, 9.17) is 10.8 Å². The molecule has 1 aliphatic rings. The normalized spacial score (nSPS) is 16.5. The van der Waals surface area contributed by atoms with Gasteiger partial charge in [-0.05, 0) is 33.1 Å². The lowest BCUT2D eigenvalue weighted by Crippen LogP contribution is -2.38. The number of nitrogens with two attached hydrogens (primary N) is 1. The van der Waals surface area contributed by atoms with Gasteiger partial charge in [0.2, 0.25) is 5.91 Å². The molecule has 3 N–H and O–H groups in total. The SMILES string of the molecule is CC(C)(N)CCC(=O)N(CCO)C1CC1. The van der Waals surface area contributed by atoms with Crippen molar-refractivity contribution < 1.29 is 9.90 Å². The van der Waals surface area contributed by atoms with E-state index in [0.717, 1.165) is 12.8 Å². The average molecular weight is 214 g/mol. The molecule has 0 radical (unpaired) electrons. The first-order chi connectivity index (χ1) is 6.94. The molecule has 1 rings (SSSR count). The van der Waals surface area contributed by atoms with E-state index in [9.17, 15) is 4.79 Å². The van der Waals surface area contributed by atoms with Gasteiger partial charge in [-0.2, -0.15) is 0 Å². The van der Waals surface area contributed by atoms with E-state index in [1.165, 1.54) is 0 Å². The van der Waals surface area contributed by atoms with E-state index in [1.807, 2.05) is 13.8 Å². The van der Waals surface area contributed by atoms with Crippen LogP contribution in [-0.4, -0.2) is 40.6 Å². The number of nitrogens with zero attached hydrogens (tertiary/aromatic N) is 1. The first-order valence-corrected chi connectivity index (χ1v) is 5.63. The monoisotopic (exact) mass is 214 g/mol. The van der Waals surface area contributed by atoms with E-state index in [2.05, 4.69) is 0 Å². The van der Waals surface area contributed by atoms with Crippen LogP contribution in [0.25, 0.3) is 0 Å². The Balaban J connectivity index is 2.35. The van der Waals surface area contributed by atoms with Crippen molar-refractivity contribution >= 4 is 5.91 Å². The molecular weight excluding hydrogens is 192 g/mol. The Labute approximate surface area is 91.4 Å². The van der Waals surface area contributed by atoms with E-state index < -0.39 is 0 Å². The number of aliphatic hydroxyl groups excluding tert-OH is 1. The number of hydrogen-bond donors (Lipinski definition) is 2. The van der Waals surface area contributed by atoms with Crippen LogP contribution >= 0.6 is 0 Å². The smallest absolute Gasteiger partial charge is 0.222 e. The topological polar surface area (TPSA) is 66.6 Å². The van der Waals surface area contributed by atoms with Crippen LogP contribution in [0.5, 0.6) is 0 Å². The Morgan fingerprint density at radius 2 is 2.13 bits per heavy atom. The molecule has 0 spiro atoms. The molecule has 0 aromatic heterocycles. The summed E-state index contributed by atoms with van der Waals surface area (Å²) in [7, 11) is 0. The highest BCUT2D eigenvalue weighted by molar-refractivity contribution is 5.77. The maximum Gasteiger partial charge on any atom is 0.222 e. The molecule has 88 valence electrons. The van der Waals surface area contributed by atoms with Crippen molar-refractivity contribution in [1.29, 1.82) is 0 Å². The molecule has 0 atom stereocenters. The van der Waals surface area contributed by atoms with Gasteiger partial charge in [0.1, 0.15) is 0 Å². The summed E-state index contributed by atoms with van der Waals surface area (Å²) < 4.78 is 0. The zero-order chi connectivity index (χ0) is 11.5. The predicted octanol–water partition coefficient (Wildman–Crippen LogP) is 0.487. The largest absolute Gasteiger partial charge is 0.395 e. The van der Waals surface area contributed by atoms with Crippen molar-refractivity contribution in [1.82, 2.24) is 4.90 Å². The third-order valence-electron chi connectivity index (χ3n) is 2.63. The standard InChI is InChI=1S/C11H22N2O2/c1-11(2,12)6-5-10(15)13(7-8-14)9-3-4-9/h9,14H,3-8,12H2,1-2H3. The number of aliphatic hydroxyl groups is 1. The summed E-state index contributed by atoms with van der Waals surface area (Å²) >= 11 is 0. The van der Waals surface area contributed by atoms with Gasteiger partial charge in [0.25, 0.3) is 0 Å². The maximum absolute atomic E-state index is 11.8. The van der Waals surface area contributed by atoms with Gasteiger partial charge in [-0.1, -0.05) is 0 Å². The third-order valence-corrected chi connectivity index (χ3v) is 2.63. The summed E-state index contributed by atoms with van der Waals surface area (Å²) in [4.78, 5) is 13.6. The van der Waals surface area contributed by atoms with Crippen LogP contribution in [-0.2, 0) is 4.79 Å². The minimum atomic E-state index is -0.288. The summed E-state index contributed by atoms with van der Waals surface area (Å²) in [5.74, 6) is 0.130. The van der Waals surface area contributed by atoms with Crippen molar-refractivity contribution in [3.63, 3.8) is 0 Å². The molecule has 15 heavy (non-hydrogen) atoms. The van der Waals surface area contributed by atoms with Crippen molar-refractivity contribution in [2.75, 3.05) is 13.2 Å². The second-order valence-corrected chi connectivity index (χ2v) is 5.03. The second-order valence-electron chi connectivity index (χ2n) is 5.03. The molecular formula is C11H22N2O2. The van der Waals surface area contributed by atoms with E-state index in [0.29, 0.717) is 25.4 Å². The summed E-state index contributed by atoms with van der Waals surface area (Å²) in [5, 5.41) is 8.87. The molecule has 0 heterocycles. The molecule has 1 amide bonds. The molecule has 0 saturated heterocycles. The van der Waals surface area contributed by atoms with E-state index in [1.54, 1.807) is 4.90 Å². The van der Waals surface area contributed by atoms with Crippen LogP contribution in [0.15, 0.2) is 0 Å². The van der Waals surface area contributed by atoms with Crippen LogP contribution in [0.2, 0.25) is 0 Å². The van der Waals surface area contributed by atoms with Gasteiger partial charge in [-0.25, -0.2) is 0 Å². The lowest BCUT2D eigenvalue weighted by Gasteiger charge is -2.24. The minimum absolute atomic E-state index is 0.0499. The molecule has 1 saturated carbocycles. The molecule has 0 bridgehead atoms. The van der Waals surface area contributed by atoms with Gasteiger partial charge in [-0.15, -0.1) is 0 Å². The number of carbonyl (C=O) groups is 1. The molecule has 0 aliphatic heterocycles. The molecule has 1 aliphatic carbocycles. The van der Waals surface area contributed by atoms with Crippen LogP contribution in [0.1, 0.15) is 39.5 Å². The predicted molar refractivity (Wildman–Crippen MR) is 59.3 cm³/mol. The Kier molecular flexibility index (Phi) is 4.11. The molecule has 1 fully saturated rings. The van der Waals surface area contributed by atoms with Gasteiger partial charge >= 0.3 is 0 Å². The van der Waals surface area contributed by atoms with Crippen LogP contribution < -0.4 is 5.73 Å². The Hall–Kier alpha value is -0.610. The highest BCUT2D eigenvalue weighted by Gasteiger charge is 2.32. The number of amides is 1. The molecule has 4 nitrogen and oxygen atoms in total. The second kappa shape index (κ2) is 4.94. The number of carbonyl (C=O) groups excluding carboxylic acids is 1. The van der Waals surface area contributed by atoms with E-state index in [-0.39, 0.29) is 18.1 Å². The molecule has 4 heteroatoms. The number of hydrogen-bond acceptors (Lipinski definition) is 3. The molecule has 0 aromatic rings. The zero-order valence-corrected chi connectivity index (χ0v) is 9.70. The summed E-state index contributed by atoms with van der Waals surface area (Å²) in [5.41, 5.74) is 5.54. The van der Waals surface area contributed by atoms with Gasteiger partial charge in [-0.3, -0.25) is 4.79 Å². The minimum Gasteiger partial charge on any atom is -0.395 e. The summed E-state index contributed by atoms with van der Waals surface area (Å²) in [6, 6.07) is 0.380. The summed E-state index contributed by atoms with van der Waals surface area (Å²) in [6.07, 6.45) is 3.34. The Bertz CT molecular complexity index is 219. The van der Waals surface area contributed by atoms with Crippen molar-refractivity contribution in [2.45, 2.75) is 51.1 Å². The van der Waals surface area contributed by atoms with Gasteiger partial charge < -0.3 is 15.7 Å². The maximum atomic E-state index is 11.8. The quantitative estimate of drug-likeness (QED) is 0.676.